The van der Waals surface area contributed by atoms with Gasteiger partial charge in [-0.1, -0.05) is 103 Å². The minimum absolute atomic E-state index is 0.0496. The fourth-order valence-corrected chi connectivity index (χ4v) is 5.69. The van der Waals surface area contributed by atoms with Crippen LogP contribution in [0.1, 0.15) is 37.5 Å². The molecule has 1 saturated heterocycles. The Bertz CT molecular complexity index is 1480. The van der Waals surface area contributed by atoms with E-state index in [1.54, 1.807) is 0 Å². The normalized spacial score (nSPS) is 17.9. The zero-order valence-electron chi connectivity index (χ0n) is 24.8. The molecule has 1 aliphatic heterocycles. The Balaban J connectivity index is 1.39. The Morgan fingerprint density at radius 1 is 0.833 bits per heavy atom. The van der Waals surface area contributed by atoms with E-state index in [-0.39, 0.29) is 18.0 Å². The maximum Gasteiger partial charge on any atom is 0.408 e. The van der Waals surface area contributed by atoms with Gasteiger partial charge in [0.2, 0.25) is 5.91 Å². The van der Waals surface area contributed by atoms with Crippen LogP contribution < -0.4 is 10.6 Å². The molecule has 42 heavy (non-hydrogen) atoms. The van der Waals surface area contributed by atoms with Gasteiger partial charge in [0.25, 0.3) is 0 Å². The largest absolute Gasteiger partial charge is 0.444 e. The van der Waals surface area contributed by atoms with Gasteiger partial charge in [0.15, 0.2) is 0 Å². The van der Waals surface area contributed by atoms with Gasteiger partial charge in [-0.05, 0) is 61.1 Å². The molecular formula is C36H41N3O3. The van der Waals surface area contributed by atoms with Crippen molar-refractivity contribution in [2.24, 2.45) is 0 Å². The monoisotopic (exact) mass is 563 g/mol. The summed E-state index contributed by atoms with van der Waals surface area (Å²) in [5, 5.41) is 9.07. The average molecular weight is 564 g/mol. The van der Waals surface area contributed by atoms with E-state index in [2.05, 4.69) is 65.2 Å². The Morgan fingerprint density at radius 2 is 1.48 bits per heavy atom. The van der Waals surface area contributed by atoms with E-state index in [1.165, 1.54) is 21.9 Å². The highest BCUT2D eigenvalue weighted by Crippen LogP contribution is 2.21. The van der Waals surface area contributed by atoms with Crippen molar-refractivity contribution in [1.82, 2.24) is 15.5 Å². The number of fused-ring (bicyclic) bond motifs is 1. The molecule has 0 aliphatic carbocycles. The first-order valence-electron chi connectivity index (χ1n) is 14.8. The lowest BCUT2D eigenvalue weighted by molar-refractivity contribution is -0.137. The molecule has 5 rings (SSSR count). The van der Waals surface area contributed by atoms with E-state index in [0.29, 0.717) is 19.5 Å². The van der Waals surface area contributed by atoms with E-state index in [4.69, 9.17) is 4.74 Å². The molecule has 2 amide bonds. The number of nitrogens with one attached hydrogen (secondary N) is 2. The first-order valence-corrected chi connectivity index (χ1v) is 14.8. The number of ether oxygens (including phenoxy) is 1. The number of carbonyl (C=O) groups excluding carboxylic acids is 2. The third-order valence-corrected chi connectivity index (χ3v) is 7.66. The van der Waals surface area contributed by atoms with Crippen LogP contribution in [0.25, 0.3) is 10.8 Å². The zero-order valence-corrected chi connectivity index (χ0v) is 24.8. The number of hydrogen-bond acceptors (Lipinski definition) is 4. The molecule has 4 aromatic rings. The highest BCUT2D eigenvalue weighted by atomic mass is 16.6. The van der Waals surface area contributed by atoms with Crippen LogP contribution in [0.2, 0.25) is 0 Å². The van der Waals surface area contributed by atoms with Crippen molar-refractivity contribution in [1.29, 1.82) is 0 Å². The predicted molar refractivity (Wildman–Crippen MR) is 168 cm³/mol. The Hall–Kier alpha value is -4.16. The van der Waals surface area contributed by atoms with Crippen molar-refractivity contribution in [3.8, 4) is 0 Å². The van der Waals surface area contributed by atoms with Gasteiger partial charge in [0.1, 0.15) is 11.6 Å². The number of carbonyl (C=O) groups is 2. The summed E-state index contributed by atoms with van der Waals surface area (Å²) in [7, 11) is 0. The van der Waals surface area contributed by atoms with Gasteiger partial charge in [0, 0.05) is 31.6 Å². The number of amides is 2. The van der Waals surface area contributed by atoms with Crippen LogP contribution in [0.15, 0.2) is 103 Å². The topological polar surface area (TPSA) is 70.7 Å². The molecule has 1 aliphatic rings. The van der Waals surface area contributed by atoms with Crippen LogP contribution in [-0.4, -0.2) is 53.7 Å². The lowest BCUT2D eigenvalue weighted by Crippen LogP contribution is -2.63. The van der Waals surface area contributed by atoms with Gasteiger partial charge in [0.05, 0.1) is 0 Å². The van der Waals surface area contributed by atoms with Crippen molar-refractivity contribution >= 4 is 22.8 Å². The summed E-state index contributed by atoms with van der Waals surface area (Å²) < 4.78 is 5.57. The molecule has 1 fully saturated rings. The van der Waals surface area contributed by atoms with Crippen molar-refractivity contribution in [3.05, 3.63) is 120 Å². The smallest absolute Gasteiger partial charge is 0.408 e. The minimum Gasteiger partial charge on any atom is -0.444 e. The molecule has 0 radical (unpaired) electrons. The molecule has 1 heterocycles. The Kier molecular flexibility index (Phi) is 9.23. The summed E-state index contributed by atoms with van der Waals surface area (Å²) >= 11 is 0. The maximum absolute atomic E-state index is 14.4. The van der Waals surface area contributed by atoms with Gasteiger partial charge < -0.3 is 20.3 Å². The van der Waals surface area contributed by atoms with Crippen LogP contribution in [0.3, 0.4) is 0 Å². The molecular weight excluding hydrogens is 522 g/mol. The van der Waals surface area contributed by atoms with Crippen LogP contribution in [0, 0.1) is 0 Å². The molecule has 6 heteroatoms. The number of nitrogens with zero attached hydrogens (tertiary/aromatic N) is 1. The second-order valence-corrected chi connectivity index (χ2v) is 12.2. The predicted octanol–water partition coefficient (Wildman–Crippen LogP) is 5.93. The molecule has 0 saturated carbocycles. The molecule has 2 N–H and O–H groups in total. The van der Waals surface area contributed by atoms with Crippen LogP contribution in [0.5, 0.6) is 0 Å². The number of piperazine rings is 1. The Labute approximate surface area is 249 Å². The third kappa shape index (κ3) is 7.98. The fraction of sp³-hybridized carbons (Fsp3) is 0.333. The molecule has 3 atom stereocenters. The lowest BCUT2D eigenvalue weighted by atomic mass is 9.95. The third-order valence-electron chi connectivity index (χ3n) is 7.66. The summed E-state index contributed by atoms with van der Waals surface area (Å²) in [5.74, 6) is -0.0874. The van der Waals surface area contributed by atoms with Crippen molar-refractivity contribution in [2.75, 3.05) is 13.1 Å². The molecule has 0 spiro atoms. The fourth-order valence-electron chi connectivity index (χ4n) is 5.69. The molecule has 6 nitrogen and oxygen atoms in total. The quantitative estimate of drug-likeness (QED) is 0.279. The first kappa shape index (κ1) is 29.3. The summed E-state index contributed by atoms with van der Waals surface area (Å²) in [6.45, 7) is 6.69. The van der Waals surface area contributed by atoms with Crippen molar-refractivity contribution in [2.45, 2.75) is 63.8 Å². The number of alkyl carbamates (subject to hydrolysis) is 1. The van der Waals surface area contributed by atoms with E-state index in [9.17, 15) is 9.59 Å². The SMILES string of the molecule is CC(C)(C)OC(=O)N[C@H](Cc1ccccc1)C(=O)N1C[C@@H](Cc2ccc3ccccc3c2)NC[C@@H]1Cc1ccccc1. The summed E-state index contributed by atoms with van der Waals surface area (Å²) in [6, 6.07) is 34.3. The minimum atomic E-state index is -0.750. The summed E-state index contributed by atoms with van der Waals surface area (Å²) in [6.07, 6.45) is 1.33. The van der Waals surface area contributed by atoms with Crippen LogP contribution in [0.4, 0.5) is 4.79 Å². The molecule has 0 unspecified atom stereocenters. The summed E-state index contributed by atoms with van der Waals surface area (Å²) in [4.78, 5) is 29.3. The number of rotatable bonds is 8. The van der Waals surface area contributed by atoms with E-state index >= 15 is 0 Å². The number of hydrogen-bond donors (Lipinski definition) is 2. The van der Waals surface area contributed by atoms with Crippen LogP contribution in [-0.2, 0) is 28.8 Å². The zero-order chi connectivity index (χ0) is 29.5. The van der Waals surface area contributed by atoms with E-state index in [0.717, 1.165) is 18.4 Å². The lowest BCUT2D eigenvalue weighted by Gasteiger charge is -2.42. The standard InChI is InChI=1S/C36H41N3O3/c1-36(2,3)42-35(41)38-33(23-27-14-8-5-9-15-27)34(40)39-25-31(37-24-32(39)22-26-12-6-4-7-13-26)21-28-18-19-29-16-10-11-17-30(29)20-28/h4-20,31-33,37H,21-25H2,1-3H3,(H,38,41)/t31-,32+,33-/m1/s1. The maximum atomic E-state index is 14.4. The van der Waals surface area contributed by atoms with Gasteiger partial charge in [-0.3, -0.25) is 4.79 Å². The van der Waals surface area contributed by atoms with E-state index in [1.807, 2.05) is 74.2 Å². The van der Waals surface area contributed by atoms with E-state index < -0.39 is 17.7 Å². The molecule has 4 aromatic carbocycles. The van der Waals surface area contributed by atoms with Gasteiger partial charge in [-0.25, -0.2) is 4.79 Å². The molecule has 0 aromatic heterocycles. The molecule has 0 bridgehead atoms. The highest BCUT2D eigenvalue weighted by Gasteiger charge is 2.36. The van der Waals surface area contributed by atoms with Gasteiger partial charge in [-0.15, -0.1) is 0 Å². The Morgan fingerprint density at radius 3 is 2.17 bits per heavy atom. The van der Waals surface area contributed by atoms with Crippen molar-refractivity contribution < 1.29 is 14.3 Å². The second kappa shape index (κ2) is 13.2. The summed E-state index contributed by atoms with van der Waals surface area (Å²) in [5.41, 5.74) is 2.72. The molecule has 218 valence electrons. The highest BCUT2D eigenvalue weighted by molar-refractivity contribution is 5.86. The average Bonchev–Trinajstić information content (AvgIpc) is 2.97. The first-order chi connectivity index (χ1) is 20.2. The second-order valence-electron chi connectivity index (χ2n) is 12.2. The number of benzene rings is 4. The van der Waals surface area contributed by atoms with Crippen molar-refractivity contribution in [3.63, 3.8) is 0 Å². The van der Waals surface area contributed by atoms with Gasteiger partial charge >= 0.3 is 6.09 Å². The van der Waals surface area contributed by atoms with Crippen LogP contribution >= 0.6 is 0 Å². The van der Waals surface area contributed by atoms with Gasteiger partial charge in [-0.2, -0.15) is 0 Å².